The van der Waals surface area contributed by atoms with Crippen LogP contribution in [-0.4, -0.2) is 29.8 Å². The van der Waals surface area contributed by atoms with Crippen LogP contribution >= 0.6 is 0 Å². The van der Waals surface area contributed by atoms with Crippen LogP contribution in [0.3, 0.4) is 0 Å². The third-order valence-electron chi connectivity index (χ3n) is 5.34. The van der Waals surface area contributed by atoms with Crippen LogP contribution in [0, 0.1) is 0 Å². The first-order valence-electron chi connectivity index (χ1n) is 9.70. The van der Waals surface area contributed by atoms with Crippen molar-refractivity contribution in [3.63, 3.8) is 0 Å². The normalized spacial score (nSPS) is 19.4. The Morgan fingerprint density at radius 3 is 2.74 bits per heavy atom. The summed E-state index contributed by atoms with van der Waals surface area (Å²) < 4.78 is 0. The molecule has 1 fully saturated rings. The van der Waals surface area contributed by atoms with Gasteiger partial charge >= 0.3 is 0 Å². The van der Waals surface area contributed by atoms with Gasteiger partial charge < -0.3 is 10.6 Å². The largest absolute Gasteiger partial charge is 0.345 e. The van der Waals surface area contributed by atoms with Crippen molar-refractivity contribution < 1.29 is 9.59 Å². The molecule has 0 radical (unpaired) electrons. The predicted octanol–water partition coefficient (Wildman–Crippen LogP) is 3.49. The Balaban J connectivity index is 1.37. The van der Waals surface area contributed by atoms with Crippen molar-refractivity contribution in [2.75, 3.05) is 18.4 Å². The van der Waals surface area contributed by atoms with E-state index in [1.54, 1.807) is 6.07 Å². The maximum atomic E-state index is 12.5. The van der Waals surface area contributed by atoms with Crippen LogP contribution in [-0.2, 0) is 11.3 Å². The molecule has 2 aliphatic heterocycles. The molecule has 1 saturated heterocycles. The number of piperidine rings is 1. The lowest BCUT2D eigenvalue weighted by Gasteiger charge is -2.26. The van der Waals surface area contributed by atoms with Gasteiger partial charge in [0, 0.05) is 17.8 Å². The number of likely N-dealkylation sites (tertiary alicyclic amines) is 1. The molecule has 0 bridgehead atoms. The summed E-state index contributed by atoms with van der Waals surface area (Å²) in [5, 5.41) is 5.88. The number of carbonyl (C=O) groups excluding carboxylic acids is 2. The Morgan fingerprint density at radius 1 is 1.07 bits per heavy atom. The molecule has 0 spiro atoms. The number of amides is 2. The number of nitrogens with zero attached hydrogens (tertiary/aromatic N) is 1. The van der Waals surface area contributed by atoms with Gasteiger partial charge in [-0.1, -0.05) is 36.8 Å². The molecular weight excluding hydrogens is 338 g/mol. The van der Waals surface area contributed by atoms with Crippen LogP contribution in [0.5, 0.6) is 0 Å². The van der Waals surface area contributed by atoms with E-state index in [9.17, 15) is 9.59 Å². The lowest BCUT2D eigenvalue weighted by atomic mass is 10.0. The number of hydrogen-bond acceptors (Lipinski definition) is 3. The number of fused-ring (bicyclic) bond motifs is 1. The molecule has 2 heterocycles. The molecule has 2 aromatic rings. The molecular formula is C22H25N3O2. The number of rotatable bonds is 5. The monoisotopic (exact) mass is 363 g/mol. The average molecular weight is 363 g/mol. The first kappa shape index (κ1) is 17.7. The second-order valence-electron chi connectivity index (χ2n) is 7.40. The molecule has 1 unspecified atom stereocenters. The zero-order chi connectivity index (χ0) is 18.6. The molecule has 2 aromatic carbocycles. The van der Waals surface area contributed by atoms with Gasteiger partial charge in [-0.3, -0.25) is 14.5 Å². The van der Waals surface area contributed by atoms with Crippen molar-refractivity contribution in [2.45, 2.75) is 38.3 Å². The number of benzene rings is 2. The van der Waals surface area contributed by atoms with Crippen LogP contribution in [0.2, 0.25) is 0 Å². The van der Waals surface area contributed by atoms with Crippen LogP contribution in [0.1, 0.15) is 53.2 Å². The molecule has 5 nitrogen and oxygen atoms in total. The van der Waals surface area contributed by atoms with Crippen LogP contribution in [0.15, 0.2) is 48.5 Å². The molecule has 0 aliphatic carbocycles. The minimum Gasteiger partial charge on any atom is -0.345 e. The van der Waals surface area contributed by atoms with Crippen molar-refractivity contribution in [1.29, 1.82) is 0 Å². The first-order valence-corrected chi connectivity index (χ1v) is 9.70. The van der Waals surface area contributed by atoms with E-state index < -0.39 is 0 Å². The van der Waals surface area contributed by atoms with Crippen molar-refractivity contribution in [2.24, 2.45) is 0 Å². The highest BCUT2D eigenvalue weighted by atomic mass is 16.2. The van der Waals surface area contributed by atoms with E-state index in [0.717, 1.165) is 30.9 Å². The number of nitrogens with one attached hydrogen (secondary N) is 2. The van der Waals surface area contributed by atoms with Gasteiger partial charge in [-0.05, 0) is 55.3 Å². The molecule has 5 heteroatoms. The van der Waals surface area contributed by atoms with Crippen molar-refractivity contribution in [1.82, 2.24) is 10.2 Å². The summed E-state index contributed by atoms with van der Waals surface area (Å²) in [7, 11) is 0. The van der Waals surface area contributed by atoms with Crippen molar-refractivity contribution in [3.05, 3.63) is 65.2 Å². The summed E-state index contributed by atoms with van der Waals surface area (Å²) in [6, 6.07) is 15.2. The zero-order valence-electron chi connectivity index (χ0n) is 15.4. The Hall–Kier alpha value is -2.66. The van der Waals surface area contributed by atoms with Crippen LogP contribution in [0.4, 0.5) is 5.69 Å². The van der Waals surface area contributed by atoms with Gasteiger partial charge in [0.2, 0.25) is 5.91 Å². The Labute approximate surface area is 159 Å². The Morgan fingerprint density at radius 2 is 1.89 bits per heavy atom. The van der Waals surface area contributed by atoms with Crippen LogP contribution < -0.4 is 10.6 Å². The topological polar surface area (TPSA) is 61.4 Å². The van der Waals surface area contributed by atoms with Crippen molar-refractivity contribution >= 4 is 17.5 Å². The van der Waals surface area contributed by atoms with Gasteiger partial charge in [-0.2, -0.15) is 0 Å². The number of carbonyl (C=O) groups is 2. The summed E-state index contributed by atoms with van der Waals surface area (Å²) >= 11 is 0. The lowest BCUT2D eigenvalue weighted by molar-refractivity contribution is -0.116. The maximum Gasteiger partial charge on any atom is 0.252 e. The van der Waals surface area contributed by atoms with Gasteiger partial charge in [0.1, 0.15) is 0 Å². The van der Waals surface area contributed by atoms with E-state index in [-0.39, 0.29) is 24.3 Å². The van der Waals surface area contributed by atoms with Gasteiger partial charge in [0.25, 0.3) is 5.91 Å². The predicted molar refractivity (Wildman–Crippen MR) is 105 cm³/mol. The third kappa shape index (κ3) is 4.19. The molecule has 140 valence electrons. The van der Waals surface area contributed by atoms with E-state index in [4.69, 9.17) is 0 Å². The van der Waals surface area contributed by atoms with Gasteiger partial charge in [-0.15, -0.1) is 0 Å². The highest BCUT2D eigenvalue weighted by Crippen LogP contribution is 2.28. The molecule has 2 N–H and O–H groups in total. The molecule has 1 atom stereocenters. The van der Waals surface area contributed by atoms with Gasteiger partial charge in [0.15, 0.2) is 0 Å². The lowest BCUT2D eigenvalue weighted by Crippen LogP contribution is -2.29. The summed E-state index contributed by atoms with van der Waals surface area (Å²) in [5.74, 6) is -0.195. The fourth-order valence-corrected chi connectivity index (χ4v) is 4.00. The third-order valence-corrected chi connectivity index (χ3v) is 5.34. The summed E-state index contributed by atoms with van der Waals surface area (Å²) in [4.78, 5) is 27.0. The molecule has 2 aliphatic rings. The molecule has 0 aromatic heterocycles. The van der Waals surface area contributed by atoms with Gasteiger partial charge in [-0.25, -0.2) is 0 Å². The fraction of sp³-hybridized carbons (Fsp3) is 0.364. The van der Waals surface area contributed by atoms with Crippen molar-refractivity contribution in [3.8, 4) is 0 Å². The van der Waals surface area contributed by atoms with Gasteiger partial charge in [0.05, 0.1) is 12.5 Å². The Kier molecular flexibility index (Phi) is 5.21. The van der Waals surface area contributed by atoms with Crippen LogP contribution in [0.25, 0.3) is 0 Å². The molecule has 2 amide bonds. The molecule has 4 rings (SSSR count). The maximum absolute atomic E-state index is 12.5. The minimum absolute atomic E-state index is 0.0906. The zero-order valence-corrected chi connectivity index (χ0v) is 15.4. The fourth-order valence-electron chi connectivity index (χ4n) is 4.00. The average Bonchev–Trinajstić information content (AvgIpc) is 2.99. The Bertz CT molecular complexity index is 843. The van der Waals surface area contributed by atoms with E-state index in [2.05, 4.69) is 21.6 Å². The smallest absolute Gasteiger partial charge is 0.252 e. The molecule has 27 heavy (non-hydrogen) atoms. The van der Waals surface area contributed by atoms with E-state index in [1.165, 1.54) is 24.8 Å². The minimum atomic E-state index is -0.259. The molecule has 0 saturated carbocycles. The summed E-state index contributed by atoms with van der Waals surface area (Å²) in [5.41, 5.74) is 3.59. The van der Waals surface area contributed by atoms with E-state index in [1.807, 2.05) is 36.4 Å². The SMILES string of the molecule is O=C(CC1NC(=O)c2ccccc21)Nc1cccc(CN2CCCCC2)c1. The number of hydrogen-bond donors (Lipinski definition) is 2. The summed E-state index contributed by atoms with van der Waals surface area (Å²) in [6.45, 7) is 3.23. The summed E-state index contributed by atoms with van der Waals surface area (Å²) in [6.07, 6.45) is 4.10. The second kappa shape index (κ2) is 7.92. The number of anilines is 1. The first-order chi connectivity index (χ1) is 13.2. The standard InChI is InChI=1S/C22H25N3O2/c26-21(14-20-18-9-2-3-10-19(18)22(27)24-20)23-17-8-6-7-16(13-17)15-25-11-4-1-5-12-25/h2-3,6-10,13,20H,1,4-5,11-12,14-15H2,(H,23,26)(H,24,27). The highest BCUT2D eigenvalue weighted by molar-refractivity contribution is 6.00. The highest BCUT2D eigenvalue weighted by Gasteiger charge is 2.29. The quantitative estimate of drug-likeness (QED) is 0.855. The van der Waals surface area contributed by atoms with E-state index in [0.29, 0.717) is 5.56 Å². The second-order valence-corrected chi connectivity index (χ2v) is 7.40. The van der Waals surface area contributed by atoms with E-state index >= 15 is 0 Å².